The van der Waals surface area contributed by atoms with Crippen LogP contribution in [0.4, 0.5) is 10.5 Å². The summed E-state index contributed by atoms with van der Waals surface area (Å²) in [5.41, 5.74) is 2.10. The molecule has 1 aromatic carbocycles. The highest BCUT2D eigenvalue weighted by atomic mass is 16.5. The van der Waals surface area contributed by atoms with E-state index in [1.165, 1.54) is 5.56 Å². The van der Waals surface area contributed by atoms with Crippen molar-refractivity contribution in [3.63, 3.8) is 0 Å². The van der Waals surface area contributed by atoms with Crippen LogP contribution in [0.2, 0.25) is 0 Å². The smallest absolute Gasteiger partial charge is 0.319 e. The molecular weight excluding hydrogens is 304 g/mol. The number of hydrogen-bond acceptors (Lipinski definition) is 3. The third kappa shape index (κ3) is 5.80. The standard InChI is InChI=1S/C19H30N2O3/c1-19(2,3)15-4-6-16(7-5-15)21-18(23)20-11-8-17(22)14-9-12-24-13-10-14/h4-7,14,17,22H,8-13H2,1-3H3,(H2,20,21,23)/t17-/m0/s1. The van der Waals surface area contributed by atoms with Gasteiger partial charge in [-0.2, -0.15) is 0 Å². The van der Waals surface area contributed by atoms with Crippen LogP contribution < -0.4 is 10.6 Å². The molecule has 0 spiro atoms. The van der Waals surface area contributed by atoms with Gasteiger partial charge in [0.05, 0.1) is 6.10 Å². The average Bonchev–Trinajstić information content (AvgIpc) is 2.55. The van der Waals surface area contributed by atoms with Gasteiger partial charge in [-0.3, -0.25) is 0 Å². The highest BCUT2D eigenvalue weighted by molar-refractivity contribution is 5.89. The van der Waals surface area contributed by atoms with E-state index in [0.29, 0.717) is 13.0 Å². The summed E-state index contributed by atoms with van der Waals surface area (Å²) in [5, 5.41) is 15.8. The van der Waals surface area contributed by atoms with Gasteiger partial charge < -0.3 is 20.5 Å². The van der Waals surface area contributed by atoms with Crippen molar-refractivity contribution in [2.24, 2.45) is 5.92 Å². The van der Waals surface area contributed by atoms with Crippen molar-refractivity contribution < 1.29 is 14.6 Å². The number of carbonyl (C=O) groups is 1. The lowest BCUT2D eigenvalue weighted by Gasteiger charge is -2.26. The predicted molar refractivity (Wildman–Crippen MR) is 96.3 cm³/mol. The molecule has 134 valence electrons. The van der Waals surface area contributed by atoms with E-state index in [4.69, 9.17) is 4.74 Å². The molecule has 1 aromatic rings. The van der Waals surface area contributed by atoms with E-state index in [-0.39, 0.29) is 23.5 Å². The van der Waals surface area contributed by atoms with E-state index >= 15 is 0 Å². The number of carbonyl (C=O) groups excluding carboxylic acids is 1. The highest BCUT2D eigenvalue weighted by Crippen LogP contribution is 2.23. The molecule has 1 heterocycles. The molecule has 2 rings (SSSR count). The highest BCUT2D eigenvalue weighted by Gasteiger charge is 2.21. The molecule has 3 N–H and O–H groups in total. The molecule has 24 heavy (non-hydrogen) atoms. The number of aliphatic hydroxyl groups excluding tert-OH is 1. The second-order valence-corrected chi connectivity index (χ2v) is 7.51. The maximum absolute atomic E-state index is 11.9. The first-order valence-corrected chi connectivity index (χ1v) is 8.77. The zero-order chi connectivity index (χ0) is 17.6. The first-order valence-electron chi connectivity index (χ1n) is 8.77. The monoisotopic (exact) mass is 334 g/mol. The van der Waals surface area contributed by atoms with E-state index in [1.807, 2.05) is 24.3 Å². The zero-order valence-corrected chi connectivity index (χ0v) is 15.0. The average molecular weight is 334 g/mol. The molecule has 1 aliphatic rings. The molecule has 1 atom stereocenters. The molecule has 1 aliphatic heterocycles. The second kappa shape index (κ2) is 8.49. The fourth-order valence-corrected chi connectivity index (χ4v) is 2.90. The zero-order valence-electron chi connectivity index (χ0n) is 15.0. The summed E-state index contributed by atoms with van der Waals surface area (Å²) in [7, 11) is 0. The van der Waals surface area contributed by atoms with Crippen LogP contribution in [0, 0.1) is 5.92 Å². The van der Waals surface area contributed by atoms with Crippen molar-refractivity contribution in [2.75, 3.05) is 25.1 Å². The third-order valence-corrected chi connectivity index (χ3v) is 4.54. The molecule has 5 nitrogen and oxygen atoms in total. The molecule has 0 saturated carbocycles. The summed E-state index contributed by atoms with van der Waals surface area (Å²) in [6.45, 7) is 8.38. The van der Waals surface area contributed by atoms with Crippen molar-refractivity contribution in [3.8, 4) is 0 Å². The van der Waals surface area contributed by atoms with Gasteiger partial charge in [-0.25, -0.2) is 4.79 Å². The molecule has 0 unspecified atom stereocenters. The van der Waals surface area contributed by atoms with Crippen LogP contribution in [0.3, 0.4) is 0 Å². The molecule has 1 saturated heterocycles. The minimum absolute atomic E-state index is 0.0983. The first-order chi connectivity index (χ1) is 11.4. The van der Waals surface area contributed by atoms with Crippen LogP contribution in [0.25, 0.3) is 0 Å². The summed E-state index contributed by atoms with van der Waals surface area (Å²) in [4.78, 5) is 11.9. The van der Waals surface area contributed by atoms with Crippen molar-refractivity contribution in [1.82, 2.24) is 5.32 Å². The van der Waals surface area contributed by atoms with Crippen molar-refractivity contribution in [3.05, 3.63) is 29.8 Å². The number of anilines is 1. The van der Waals surface area contributed by atoms with Gasteiger partial charge >= 0.3 is 6.03 Å². The SMILES string of the molecule is CC(C)(C)c1ccc(NC(=O)NCC[C@H](O)C2CCOCC2)cc1. The van der Waals surface area contributed by atoms with Crippen LogP contribution in [0.1, 0.15) is 45.6 Å². The van der Waals surface area contributed by atoms with E-state index < -0.39 is 0 Å². The largest absolute Gasteiger partial charge is 0.393 e. The minimum atomic E-state index is -0.375. The van der Waals surface area contributed by atoms with Gasteiger partial charge in [-0.1, -0.05) is 32.9 Å². The fourth-order valence-electron chi connectivity index (χ4n) is 2.90. The molecule has 2 amide bonds. The number of amides is 2. The van der Waals surface area contributed by atoms with Crippen LogP contribution in [-0.2, 0) is 10.2 Å². The van der Waals surface area contributed by atoms with Crippen LogP contribution in [0.15, 0.2) is 24.3 Å². The van der Waals surface area contributed by atoms with Gasteiger partial charge in [0, 0.05) is 25.4 Å². The Morgan fingerprint density at radius 3 is 2.46 bits per heavy atom. The van der Waals surface area contributed by atoms with E-state index in [1.54, 1.807) is 0 Å². The lowest BCUT2D eigenvalue weighted by molar-refractivity contribution is 0.00549. The summed E-state index contributed by atoms with van der Waals surface area (Å²) in [5.74, 6) is 0.286. The molecule has 5 heteroatoms. The van der Waals surface area contributed by atoms with Gasteiger partial charge in [0.2, 0.25) is 0 Å². The van der Waals surface area contributed by atoms with Crippen molar-refractivity contribution in [2.45, 2.75) is 51.6 Å². The van der Waals surface area contributed by atoms with Gasteiger partial charge in [0.25, 0.3) is 0 Å². The van der Waals surface area contributed by atoms with Crippen LogP contribution in [0.5, 0.6) is 0 Å². The van der Waals surface area contributed by atoms with Crippen molar-refractivity contribution >= 4 is 11.7 Å². The molecular formula is C19H30N2O3. The lowest BCUT2D eigenvalue weighted by atomic mass is 9.87. The quantitative estimate of drug-likeness (QED) is 0.774. The summed E-state index contributed by atoms with van der Waals surface area (Å²) in [6, 6.07) is 7.65. The Morgan fingerprint density at radius 1 is 1.25 bits per heavy atom. The minimum Gasteiger partial charge on any atom is -0.393 e. The van der Waals surface area contributed by atoms with Crippen LogP contribution >= 0.6 is 0 Å². The number of benzene rings is 1. The predicted octanol–water partition coefficient (Wildman–Crippen LogP) is 3.28. The Bertz CT molecular complexity index is 516. The van der Waals surface area contributed by atoms with E-state index in [2.05, 4.69) is 31.4 Å². The van der Waals surface area contributed by atoms with Crippen molar-refractivity contribution in [1.29, 1.82) is 0 Å². The maximum Gasteiger partial charge on any atom is 0.319 e. The Balaban J connectivity index is 1.71. The fraction of sp³-hybridized carbons (Fsp3) is 0.632. The summed E-state index contributed by atoms with van der Waals surface area (Å²) in [6.07, 6.45) is 1.99. The Labute approximate surface area is 144 Å². The summed E-state index contributed by atoms with van der Waals surface area (Å²) >= 11 is 0. The Hall–Kier alpha value is -1.59. The summed E-state index contributed by atoms with van der Waals surface area (Å²) < 4.78 is 5.30. The Kier molecular flexibility index (Phi) is 6.63. The molecule has 1 fully saturated rings. The van der Waals surface area contributed by atoms with E-state index in [0.717, 1.165) is 31.7 Å². The Morgan fingerprint density at radius 2 is 1.88 bits per heavy atom. The maximum atomic E-state index is 11.9. The molecule has 0 bridgehead atoms. The second-order valence-electron chi connectivity index (χ2n) is 7.51. The molecule has 0 aromatic heterocycles. The van der Waals surface area contributed by atoms with E-state index in [9.17, 15) is 9.90 Å². The number of hydrogen-bond donors (Lipinski definition) is 3. The number of urea groups is 1. The van der Waals surface area contributed by atoms with Crippen LogP contribution in [-0.4, -0.2) is 37.0 Å². The number of ether oxygens (including phenoxy) is 1. The molecule has 0 aliphatic carbocycles. The van der Waals surface area contributed by atoms with Gasteiger partial charge in [0.1, 0.15) is 0 Å². The topological polar surface area (TPSA) is 70.6 Å². The van der Waals surface area contributed by atoms with Gasteiger partial charge in [-0.15, -0.1) is 0 Å². The number of rotatable bonds is 5. The number of aliphatic hydroxyl groups is 1. The third-order valence-electron chi connectivity index (χ3n) is 4.54. The molecule has 0 radical (unpaired) electrons. The van der Waals surface area contributed by atoms with Gasteiger partial charge in [0.15, 0.2) is 0 Å². The lowest BCUT2D eigenvalue weighted by Crippen LogP contribution is -2.34. The van der Waals surface area contributed by atoms with Gasteiger partial charge in [-0.05, 0) is 48.3 Å². The normalized spacial score (nSPS) is 17.3. The first kappa shape index (κ1) is 18.7. The number of nitrogens with one attached hydrogen (secondary N) is 2.